The van der Waals surface area contributed by atoms with Gasteiger partial charge in [0.1, 0.15) is 6.10 Å². The molecule has 0 aromatic rings. The summed E-state index contributed by atoms with van der Waals surface area (Å²) in [5, 5.41) is 8.96. The summed E-state index contributed by atoms with van der Waals surface area (Å²) in [5.74, 6) is -1.37. The molecule has 2 unspecified atom stereocenters. The molecule has 1 saturated carbocycles. The molecule has 102 valence electrons. The molecule has 0 aromatic heterocycles. The second kappa shape index (κ2) is 5.69. The fourth-order valence-corrected chi connectivity index (χ4v) is 2.30. The first-order valence-electron chi connectivity index (χ1n) is 6.74. The normalized spacial score (nSPS) is 25.5. The molecule has 0 aromatic carbocycles. The zero-order chi connectivity index (χ0) is 13.1. The first-order valence-corrected chi connectivity index (χ1v) is 6.74. The largest absolute Gasteiger partial charge is 0.481 e. The predicted octanol–water partition coefficient (Wildman–Crippen LogP) is 1.27. The van der Waals surface area contributed by atoms with Gasteiger partial charge in [-0.3, -0.25) is 9.59 Å². The van der Waals surface area contributed by atoms with Gasteiger partial charge in [-0.1, -0.05) is 6.92 Å². The van der Waals surface area contributed by atoms with Crippen LogP contribution in [-0.4, -0.2) is 47.2 Å². The highest BCUT2D eigenvalue weighted by Crippen LogP contribution is 2.29. The molecule has 1 saturated heterocycles. The molecule has 1 heterocycles. The summed E-state index contributed by atoms with van der Waals surface area (Å²) in [4.78, 5) is 25.0. The van der Waals surface area contributed by atoms with E-state index in [9.17, 15) is 9.59 Å². The summed E-state index contributed by atoms with van der Waals surface area (Å²) in [7, 11) is 0. The van der Waals surface area contributed by atoms with Gasteiger partial charge < -0.3 is 14.7 Å². The summed E-state index contributed by atoms with van der Waals surface area (Å²) < 4.78 is 5.50. The average molecular weight is 255 g/mol. The van der Waals surface area contributed by atoms with Gasteiger partial charge in [0.2, 0.25) is 0 Å². The Morgan fingerprint density at radius 3 is 2.56 bits per heavy atom. The lowest BCUT2D eigenvalue weighted by Crippen LogP contribution is -2.45. The molecule has 2 fully saturated rings. The zero-order valence-electron chi connectivity index (χ0n) is 10.8. The topological polar surface area (TPSA) is 66.8 Å². The number of amides is 1. The van der Waals surface area contributed by atoms with E-state index in [1.165, 1.54) is 0 Å². The lowest BCUT2D eigenvalue weighted by atomic mass is 10.1. The molecule has 0 spiro atoms. The van der Waals surface area contributed by atoms with Gasteiger partial charge in [0, 0.05) is 19.2 Å². The van der Waals surface area contributed by atoms with Crippen molar-refractivity contribution in [3.05, 3.63) is 0 Å². The van der Waals surface area contributed by atoms with Crippen LogP contribution in [0.3, 0.4) is 0 Å². The van der Waals surface area contributed by atoms with Gasteiger partial charge in [-0.15, -0.1) is 0 Å². The third-order valence-electron chi connectivity index (χ3n) is 3.62. The van der Waals surface area contributed by atoms with E-state index in [2.05, 4.69) is 0 Å². The molecule has 0 bridgehead atoms. The Hall–Kier alpha value is -1.10. The second-order valence-corrected chi connectivity index (χ2v) is 5.32. The Labute approximate surface area is 107 Å². The van der Waals surface area contributed by atoms with E-state index in [0.717, 1.165) is 32.1 Å². The van der Waals surface area contributed by atoms with E-state index in [4.69, 9.17) is 9.84 Å². The van der Waals surface area contributed by atoms with Crippen molar-refractivity contribution in [2.45, 2.75) is 51.2 Å². The Bertz CT molecular complexity index is 321. The first-order chi connectivity index (χ1) is 8.59. The number of carbonyl (C=O) groups excluding carboxylic acids is 1. The molecule has 2 aliphatic rings. The van der Waals surface area contributed by atoms with Gasteiger partial charge in [-0.25, -0.2) is 0 Å². The number of hydrogen-bond acceptors (Lipinski definition) is 3. The summed E-state index contributed by atoms with van der Waals surface area (Å²) in [5.41, 5.74) is 0. The van der Waals surface area contributed by atoms with Crippen LogP contribution in [0.25, 0.3) is 0 Å². The van der Waals surface area contributed by atoms with E-state index < -0.39 is 11.9 Å². The number of aliphatic carboxylic acids is 1. The molecule has 1 aliphatic carbocycles. The molecule has 0 radical (unpaired) electrons. The van der Waals surface area contributed by atoms with Crippen molar-refractivity contribution in [1.82, 2.24) is 4.90 Å². The van der Waals surface area contributed by atoms with Gasteiger partial charge in [0.15, 0.2) is 0 Å². The Morgan fingerprint density at radius 2 is 2.06 bits per heavy atom. The third kappa shape index (κ3) is 3.22. The average Bonchev–Trinajstić information content (AvgIpc) is 3.20. The van der Waals surface area contributed by atoms with Crippen LogP contribution < -0.4 is 0 Å². The van der Waals surface area contributed by atoms with Gasteiger partial charge in [0.25, 0.3) is 5.91 Å². The van der Waals surface area contributed by atoms with Crippen LogP contribution in [0.5, 0.6) is 0 Å². The van der Waals surface area contributed by atoms with Crippen LogP contribution in [0.4, 0.5) is 0 Å². The number of hydrogen-bond donors (Lipinski definition) is 1. The molecule has 1 aliphatic heterocycles. The smallest absolute Gasteiger partial charge is 0.308 e. The minimum Gasteiger partial charge on any atom is -0.481 e. The van der Waals surface area contributed by atoms with Crippen molar-refractivity contribution in [2.24, 2.45) is 5.92 Å². The van der Waals surface area contributed by atoms with Crippen molar-refractivity contribution in [2.75, 3.05) is 13.2 Å². The van der Waals surface area contributed by atoms with Crippen molar-refractivity contribution in [3.63, 3.8) is 0 Å². The number of rotatable bonds is 5. The van der Waals surface area contributed by atoms with Crippen LogP contribution in [0.2, 0.25) is 0 Å². The number of carbonyl (C=O) groups is 2. The van der Waals surface area contributed by atoms with Crippen LogP contribution in [0, 0.1) is 5.92 Å². The van der Waals surface area contributed by atoms with Crippen LogP contribution in [0.1, 0.15) is 39.0 Å². The fraction of sp³-hybridized carbons (Fsp3) is 0.846. The minimum atomic E-state index is -0.849. The molecule has 1 N–H and O–H groups in total. The van der Waals surface area contributed by atoms with E-state index in [1.807, 2.05) is 0 Å². The number of ether oxygens (including phenoxy) is 1. The molecule has 5 nitrogen and oxygen atoms in total. The maximum absolute atomic E-state index is 12.3. The predicted molar refractivity (Wildman–Crippen MR) is 65.1 cm³/mol. The highest BCUT2D eigenvalue weighted by molar-refractivity contribution is 5.82. The quantitative estimate of drug-likeness (QED) is 0.803. The molecule has 2 rings (SSSR count). The lowest BCUT2D eigenvalue weighted by Gasteiger charge is -2.30. The molecular weight excluding hydrogens is 234 g/mol. The van der Waals surface area contributed by atoms with E-state index in [1.54, 1.807) is 11.8 Å². The SMILES string of the molecule is CC(CN(C(=O)C1CCCCO1)C1CC1)C(=O)O. The van der Waals surface area contributed by atoms with Crippen LogP contribution >= 0.6 is 0 Å². The number of carboxylic acids is 1. The summed E-state index contributed by atoms with van der Waals surface area (Å²) in [6.07, 6.45) is 4.43. The molecule has 5 heteroatoms. The Morgan fingerprint density at radius 1 is 1.33 bits per heavy atom. The van der Waals surface area contributed by atoms with Crippen molar-refractivity contribution >= 4 is 11.9 Å². The molecular formula is C13H21NO4. The van der Waals surface area contributed by atoms with Gasteiger partial charge in [-0.2, -0.15) is 0 Å². The van der Waals surface area contributed by atoms with E-state index in [-0.39, 0.29) is 18.1 Å². The summed E-state index contributed by atoms with van der Waals surface area (Å²) >= 11 is 0. The van der Waals surface area contributed by atoms with Gasteiger partial charge in [-0.05, 0) is 32.1 Å². The van der Waals surface area contributed by atoms with Gasteiger partial charge in [0.05, 0.1) is 5.92 Å². The monoisotopic (exact) mass is 255 g/mol. The molecule has 18 heavy (non-hydrogen) atoms. The zero-order valence-corrected chi connectivity index (χ0v) is 10.8. The first kappa shape index (κ1) is 13.3. The van der Waals surface area contributed by atoms with Crippen molar-refractivity contribution in [1.29, 1.82) is 0 Å². The fourth-order valence-electron chi connectivity index (χ4n) is 2.30. The van der Waals surface area contributed by atoms with Crippen LogP contribution in [0.15, 0.2) is 0 Å². The minimum absolute atomic E-state index is 0.00898. The maximum Gasteiger partial charge on any atom is 0.308 e. The van der Waals surface area contributed by atoms with Crippen molar-refractivity contribution in [3.8, 4) is 0 Å². The standard InChI is InChI=1S/C13H21NO4/c1-9(13(16)17)8-14(10-5-6-10)12(15)11-4-2-3-7-18-11/h9-11H,2-8H2,1H3,(H,16,17). The van der Waals surface area contributed by atoms with Gasteiger partial charge >= 0.3 is 5.97 Å². The summed E-state index contributed by atoms with van der Waals surface area (Å²) in [6.45, 7) is 2.59. The number of carboxylic acid groups (broad SMARTS) is 1. The number of nitrogens with zero attached hydrogens (tertiary/aromatic N) is 1. The molecule has 2 atom stereocenters. The highest BCUT2D eigenvalue weighted by Gasteiger charge is 2.38. The Balaban J connectivity index is 1.95. The molecule has 1 amide bonds. The highest BCUT2D eigenvalue weighted by atomic mass is 16.5. The van der Waals surface area contributed by atoms with Crippen LogP contribution in [-0.2, 0) is 14.3 Å². The van der Waals surface area contributed by atoms with E-state index >= 15 is 0 Å². The van der Waals surface area contributed by atoms with Crippen molar-refractivity contribution < 1.29 is 19.4 Å². The Kier molecular flexibility index (Phi) is 4.22. The lowest BCUT2D eigenvalue weighted by molar-refractivity contribution is -0.150. The second-order valence-electron chi connectivity index (χ2n) is 5.32. The maximum atomic E-state index is 12.3. The summed E-state index contributed by atoms with van der Waals surface area (Å²) in [6, 6.07) is 0.241. The van der Waals surface area contributed by atoms with E-state index in [0.29, 0.717) is 13.2 Å². The third-order valence-corrected chi connectivity index (χ3v) is 3.62.